The van der Waals surface area contributed by atoms with Crippen molar-refractivity contribution in [2.45, 2.75) is 65.1 Å². The fourth-order valence-corrected chi connectivity index (χ4v) is 6.30. The Morgan fingerprint density at radius 1 is 0.976 bits per heavy atom. The molecule has 42 heavy (non-hydrogen) atoms. The molecule has 7 nitrogen and oxygen atoms in total. The molecule has 0 aliphatic heterocycles. The van der Waals surface area contributed by atoms with Crippen LogP contribution in [0.4, 0.5) is 5.69 Å². The molecule has 0 aromatic heterocycles. The van der Waals surface area contributed by atoms with Crippen LogP contribution in [0, 0.1) is 6.92 Å². The van der Waals surface area contributed by atoms with Gasteiger partial charge < -0.3 is 10.2 Å². The molecule has 0 bridgehead atoms. The van der Waals surface area contributed by atoms with E-state index in [1.54, 1.807) is 23.1 Å². The third-order valence-electron chi connectivity index (χ3n) is 6.60. The van der Waals surface area contributed by atoms with Gasteiger partial charge in [0.2, 0.25) is 21.8 Å². The minimum absolute atomic E-state index is 0.0493. The van der Waals surface area contributed by atoms with Crippen LogP contribution in [0.25, 0.3) is 0 Å². The lowest BCUT2D eigenvalue weighted by Crippen LogP contribution is -2.54. The average molecular weight is 677 g/mol. The van der Waals surface area contributed by atoms with Crippen LogP contribution in [-0.4, -0.2) is 49.5 Å². The van der Waals surface area contributed by atoms with Crippen molar-refractivity contribution in [1.29, 1.82) is 0 Å². The van der Waals surface area contributed by atoms with E-state index in [9.17, 15) is 18.0 Å². The summed E-state index contributed by atoms with van der Waals surface area (Å²) in [4.78, 5) is 29.3. The zero-order valence-corrected chi connectivity index (χ0v) is 27.9. The molecule has 1 atom stereocenters. The van der Waals surface area contributed by atoms with Gasteiger partial charge in [0.15, 0.2) is 0 Å². The van der Waals surface area contributed by atoms with Crippen LogP contribution in [0.2, 0.25) is 5.02 Å². The Morgan fingerprint density at radius 3 is 2.26 bits per heavy atom. The Bertz CT molecular complexity index is 1490. The number of carbonyl (C=O) groups is 2. The number of hydrogen-bond acceptors (Lipinski definition) is 4. The highest BCUT2D eigenvalue weighted by atomic mass is 79.9. The predicted molar refractivity (Wildman–Crippen MR) is 174 cm³/mol. The standard InChI is InChI=1S/C32H39BrClN3O4S/c1-23-16-17-27(34)21-28(23)37(42(5,40)41)18-10-15-30(38)36(22-25-13-9-14-26(33)19-25)29(31(39)35-32(2,3)4)20-24-11-7-6-8-12-24/h6-9,11-14,16-17,19,21,29H,10,15,18,20,22H2,1-5H3,(H,35,39)/t29-/m1/s1. The second kappa shape index (κ2) is 14.5. The van der Waals surface area contributed by atoms with Gasteiger partial charge in [-0.2, -0.15) is 0 Å². The van der Waals surface area contributed by atoms with E-state index in [1.807, 2.05) is 82.3 Å². The van der Waals surface area contributed by atoms with Crippen molar-refractivity contribution in [3.05, 3.63) is 99.0 Å². The van der Waals surface area contributed by atoms with E-state index in [1.165, 1.54) is 4.31 Å². The molecule has 3 rings (SSSR count). The number of hydrogen-bond donors (Lipinski definition) is 1. The molecule has 2 amide bonds. The summed E-state index contributed by atoms with van der Waals surface area (Å²) in [6.45, 7) is 7.84. The van der Waals surface area contributed by atoms with Gasteiger partial charge in [-0.1, -0.05) is 76.1 Å². The highest BCUT2D eigenvalue weighted by Gasteiger charge is 2.32. The molecule has 3 aromatic rings. The van der Waals surface area contributed by atoms with Gasteiger partial charge in [0.1, 0.15) is 6.04 Å². The van der Waals surface area contributed by atoms with E-state index in [0.717, 1.165) is 27.4 Å². The van der Waals surface area contributed by atoms with Crippen molar-refractivity contribution in [3.8, 4) is 0 Å². The lowest BCUT2D eigenvalue weighted by atomic mass is 10.00. The second-order valence-corrected chi connectivity index (χ2v) is 14.7. The van der Waals surface area contributed by atoms with Gasteiger partial charge in [0.05, 0.1) is 11.9 Å². The molecular weight excluding hydrogens is 638 g/mol. The molecule has 0 fully saturated rings. The van der Waals surface area contributed by atoms with Gasteiger partial charge in [-0.15, -0.1) is 0 Å². The first-order valence-corrected chi connectivity index (χ1v) is 16.8. The summed E-state index contributed by atoms with van der Waals surface area (Å²) in [6.07, 6.45) is 1.78. The summed E-state index contributed by atoms with van der Waals surface area (Å²) in [7, 11) is -3.64. The summed E-state index contributed by atoms with van der Waals surface area (Å²) in [5.41, 5.74) is 2.54. The van der Waals surface area contributed by atoms with Crippen LogP contribution in [0.15, 0.2) is 77.3 Å². The molecular formula is C32H39BrClN3O4S. The number of anilines is 1. The molecule has 3 aromatic carbocycles. The molecule has 0 aliphatic carbocycles. The number of nitrogens with zero attached hydrogens (tertiary/aromatic N) is 2. The largest absolute Gasteiger partial charge is 0.350 e. The van der Waals surface area contributed by atoms with Crippen molar-refractivity contribution < 1.29 is 18.0 Å². The van der Waals surface area contributed by atoms with Crippen molar-refractivity contribution in [3.63, 3.8) is 0 Å². The van der Waals surface area contributed by atoms with E-state index in [2.05, 4.69) is 21.2 Å². The molecule has 0 spiro atoms. The average Bonchev–Trinajstić information content (AvgIpc) is 2.89. The monoisotopic (exact) mass is 675 g/mol. The summed E-state index contributed by atoms with van der Waals surface area (Å²) in [5, 5.41) is 3.48. The maximum atomic E-state index is 14.0. The molecule has 0 heterocycles. The number of rotatable bonds is 12. The van der Waals surface area contributed by atoms with Gasteiger partial charge in [-0.25, -0.2) is 8.42 Å². The minimum Gasteiger partial charge on any atom is -0.350 e. The number of carbonyl (C=O) groups excluding carboxylic acids is 2. The SMILES string of the molecule is Cc1ccc(Cl)cc1N(CCCC(=O)N(Cc1cccc(Br)c1)[C@H](Cc1ccccc1)C(=O)NC(C)(C)C)S(C)(=O)=O. The molecule has 10 heteroatoms. The number of amides is 2. The zero-order chi connectivity index (χ0) is 31.1. The van der Waals surface area contributed by atoms with E-state index in [0.29, 0.717) is 17.1 Å². The van der Waals surface area contributed by atoms with Crippen LogP contribution in [-0.2, 0) is 32.6 Å². The summed E-state index contributed by atoms with van der Waals surface area (Å²) >= 11 is 9.68. The number of aryl methyl sites for hydroxylation is 1. The molecule has 0 saturated heterocycles. The van der Waals surface area contributed by atoms with Gasteiger partial charge in [0.25, 0.3) is 0 Å². The van der Waals surface area contributed by atoms with E-state index in [4.69, 9.17) is 11.6 Å². The third kappa shape index (κ3) is 10.1. The fraction of sp³-hybridized carbons (Fsp3) is 0.375. The van der Waals surface area contributed by atoms with Crippen LogP contribution in [0.5, 0.6) is 0 Å². The smallest absolute Gasteiger partial charge is 0.243 e. The minimum atomic E-state index is -3.64. The van der Waals surface area contributed by atoms with Crippen molar-refractivity contribution in [1.82, 2.24) is 10.2 Å². The maximum Gasteiger partial charge on any atom is 0.243 e. The Morgan fingerprint density at radius 2 is 1.64 bits per heavy atom. The topological polar surface area (TPSA) is 86.8 Å². The summed E-state index contributed by atoms with van der Waals surface area (Å²) < 4.78 is 27.6. The van der Waals surface area contributed by atoms with Crippen LogP contribution >= 0.6 is 27.5 Å². The van der Waals surface area contributed by atoms with Gasteiger partial charge in [0, 0.05) is 41.0 Å². The predicted octanol–water partition coefficient (Wildman–Crippen LogP) is 6.51. The Hall–Kier alpha value is -2.88. The quantitative estimate of drug-likeness (QED) is 0.237. The zero-order valence-electron chi connectivity index (χ0n) is 24.7. The lowest BCUT2D eigenvalue weighted by molar-refractivity contribution is -0.142. The van der Waals surface area contributed by atoms with Gasteiger partial charge in [-0.3, -0.25) is 13.9 Å². The van der Waals surface area contributed by atoms with E-state index >= 15 is 0 Å². The Balaban J connectivity index is 1.92. The maximum absolute atomic E-state index is 14.0. The van der Waals surface area contributed by atoms with Crippen LogP contribution in [0.3, 0.4) is 0 Å². The third-order valence-corrected chi connectivity index (χ3v) is 8.51. The van der Waals surface area contributed by atoms with Gasteiger partial charge in [-0.05, 0) is 75.1 Å². The van der Waals surface area contributed by atoms with E-state index < -0.39 is 21.6 Å². The van der Waals surface area contributed by atoms with E-state index in [-0.39, 0.29) is 37.7 Å². The second-order valence-electron chi connectivity index (χ2n) is 11.5. The van der Waals surface area contributed by atoms with Crippen molar-refractivity contribution >= 4 is 55.1 Å². The summed E-state index contributed by atoms with van der Waals surface area (Å²) in [5.74, 6) is -0.488. The van der Waals surface area contributed by atoms with Crippen molar-refractivity contribution in [2.24, 2.45) is 0 Å². The molecule has 0 radical (unpaired) electrons. The number of nitrogens with one attached hydrogen (secondary N) is 1. The molecule has 0 aliphatic rings. The highest BCUT2D eigenvalue weighted by molar-refractivity contribution is 9.10. The first kappa shape index (κ1) is 33.6. The first-order chi connectivity index (χ1) is 19.6. The normalized spacial score (nSPS) is 12.5. The van der Waals surface area contributed by atoms with Gasteiger partial charge >= 0.3 is 0 Å². The Labute approximate surface area is 263 Å². The lowest BCUT2D eigenvalue weighted by Gasteiger charge is -2.34. The fourth-order valence-electron chi connectivity index (χ4n) is 4.67. The first-order valence-electron chi connectivity index (χ1n) is 13.8. The van der Waals surface area contributed by atoms with Crippen LogP contribution in [0.1, 0.15) is 50.3 Å². The van der Waals surface area contributed by atoms with Crippen LogP contribution < -0.4 is 9.62 Å². The molecule has 1 N–H and O–H groups in total. The van der Waals surface area contributed by atoms with Crippen molar-refractivity contribution in [2.75, 3.05) is 17.1 Å². The number of halogens is 2. The number of sulfonamides is 1. The number of benzene rings is 3. The highest BCUT2D eigenvalue weighted by Crippen LogP contribution is 2.27. The molecule has 226 valence electrons. The molecule has 0 unspecified atom stereocenters. The Kier molecular flexibility index (Phi) is 11.6. The molecule has 0 saturated carbocycles. The summed E-state index contributed by atoms with van der Waals surface area (Å²) in [6, 6.07) is 21.6.